The maximum atomic E-state index is 13.3. The van der Waals surface area contributed by atoms with Gasteiger partial charge in [-0.3, -0.25) is 4.79 Å². The zero-order valence-electron chi connectivity index (χ0n) is 15.5. The highest BCUT2D eigenvalue weighted by Crippen LogP contribution is 2.30. The summed E-state index contributed by atoms with van der Waals surface area (Å²) in [5.74, 6) is -1.15. The molecule has 2 aromatic rings. The predicted molar refractivity (Wildman–Crippen MR) is 106 cm³/mol. The highest BCUT2D eigenvalue weighted by molar-refractivity contribution is 7.99. The van der Waals surface area contributed by atoms with Crippen molar-refractivity contribution in [1.82, 2.24) is 0 Å². The lowest BCUT2D eigenvalue weighted by atomic mass is 9.88. The van der Waals surface area contributed by atoms with Gasteiger partial charge >= 0.3 is 5.97 Å². The fraction of sp³-hybridized carbons (Fsp3) is 0.381. The molecule has 6 heteroatoms. The summed E-state index contributed by atoms with van der Waals surface area (Å²) in [4.78, 5) is 12.6. The molecule has 0 aliphatic heterocycles. The molecular weight excluding hydrogens is 365 g/mol. The molecule has 1 unspecified atom stereocenters. The first kappa shape index (κ1) is 21.4. The van der Waals surface area contributed by atoms with Crippen LogP contribution in [0.1, 0.15) is 36.8 Å². The smallest absolute Gasteiger partial charge is 0.303 e. The Morgan fingerprint density at radius 2 is 1.93 bits per heavy atom. The molecule has 0 saturated carbocycles. The molecular formula is C21H26FNO3S. The van der Waals surface area contributed by atoms with Gasteiger partial charge in [-0.05, 0) is 74.1 Å². The molecule has 27 heavy (non-hydrogen) atoms. The molecule has 0 spiro atoms. The molecule has 0 radical (unpaired) electrons. The summed E-state index contributed by atoms with van der Waals surface area (Å²) in [6, 6.07) is 12.7. The van der Waals surface area contributed by atoms with Crippen LogP contribution in [-0.4, -0.2) is 28.3 Å². The van der Waals surface area contributed by atoms with Crippen molar-refractivity contribution < 1.29 is 19.4 Å². The lowest BCUT2D eigenvalue weighted by Crippen LogP contribution is -2.44. The van der Waals surface area contributed by atoms with Gasteiger partial charge < -0.3 is 15.9 Å². The monoisotopic (exact) mass is 391 g/mol. The van der Waals surface area contributed by atoms with Crippen LogP contribution in [-0.2, 0) is 11.2 Å². The molecule has 0 aliphatic rings. The quantitative estimate of drug-likeness (QED) is 0.566. The Bertz CT molecular complexity index is 784. The second kappa shape index (κ2) is 9.88. The summed E-state index contributed by atoms with van der Waals surface area (Å²) in [5.41, 5.74) is 7.61. The molecule has 4 N–H and O–H groups in total. The summed E-state index contributed by atoms with van der Waals surface area (Å²) in [6.07, 6.45) is 2.37. The van der Waals surface area contributed by atoms with Crippen molar-refractivity contribution in [2.24, 2.45) is 5.73 Å². The number of nitrogens with two attached hydrogens (primary N) is 1. The maximum Gasteiger partial charge on any atom is 0.303 e. The van der Waals surface area contributed by atoms with Crippen LogP contribution in [0.25, 0.3) is 0 Å². The molecule has 0 aromatic heterocycles. The Labute approximate surface area is 163 Å². The van der Waals surface area contributed by atoms with Crippen molar-refractivity contribution in [3.05, 3.63) is 59.4 Å². The molecule has 4 nitrogen and oxygen atoms in total. The van der Waals surface area contributed by atoms with Crippen molar-refractivity contribution >= 4 is 17.7 Å². The number of aliphatic hydroxyl groups excluding tert-OH is 1. The highest BCUT2D eigenvalue weighted by atomic mass is 32.2. The number of carboxylic acid groups (broad SMARTS) is 1. The third-order valence-electron chi connectivity index (χ3n) is 4.62. The summed E-state index contributed by atoms with van der Waals surface area (Å²) < 4.78 is 13.3. The van der Waals surface area contributed by atoms with Crippen LogP contribution < -0.4 is 5.73 Å². The Hall–Kier alpha value is -1.89. The van der Waals surface area contributed by atoms with Crippen molar-refractivity contribution in [1.29, 1.82) is 0 Å². The fourth-order valence-electron chi connectivity index (χ4n) is 2.95. The molecule has 2 rings (SSSR count). The largest absolute Gasteiger partial charge is 0.481 e. The van der Waals surface area contributed by atoms with Crippen LogP contribution in [0.5, 0.6) is 0 Å². The van der Waals surface area contributed by atoms with E-state index < -0.39 is 11.5 Å². The van der Waals surface area contributed by atoms with Gasteiger partial charge in [0.15, 0.2) is 0 Å². The Morgan fingerprint density at radius 3 is 2.56 bits per heavy atom. The zero-order valence-corrected chi connectivity index (χ0v) is 16.3. The average molecular weight is 392 g/mol. The normalized spacial score (nSPS) is 13.3. The SMILES string of the molecule is Cc1cc(Sc2cccc(F)c2)ccc1CCCC(N)(CO)CCC(=O)O. The standard InChI is InChI=1S/C21H26FNO3S/c1-15-12-19(27-18-6-2-5-17(22)13-18)8-7-16(15)4-3-10-21(23,14-24)11-9-20(25)26/h2,5-8,12-13,24H,3-4,9-11,14,23H2,1H3,(H,25,26). The van der Waals surface area contributed by atoms with E-state index in [4.69, 9.17) is 10.8 Å². The van der Waals surface area contributed by atoms with E-state index in [1.807, 2.05) is 19.1 Å². The Kier molecular flexibility index (Phi) is 7.83. The first-order valence-electron chi connectivity index (χ1n) is 8.96. The van der Waals surface area contributed by atoms with E-state index in [9.17, 15) is 14.3 Å². The van der Waals surface area contributed by atoms with Gasteiger partial charge in [0.2, 0.25) is 0 Å². The molecule has 0 aliphatic carbocycles. The molecule has 1 atom stereocenters. The third-order valence-corrected chi connectivity index (χ3v) is 5.60. The van der Waals surface area contributed by atoms with Crippen LogP contribution in [0.2, 0.25) is 0 Å². The second-order valence-corrected chi connectivity index (χ2v) is 8.06. The van der Waals surface area contributed by atoms with Crippen molar-refractivity contribution in [3.63, 3.8) is 0 Å². The number of carbonyl (C=O) groups is 1. The third kappa shape index (κ3) is 6.97. The number of aryl methyl sites for hydroxylation is 2. The number of halogens is 1. The van der Waals surface area contributed by atoms with Gasteiger partial charge in [-0.25, -0.2) is 4.39 Å². The maximum absolute atomic E-state index is 13.3. The first-order valence-corrected chi connectivity index (χ1v) is 9.77. The van der Waals surface area contributed by atoms with Gasteiger partial charge in [0.25, 0.3) is 0 Å². The lowest BCUT2D eigenvalue weighted by Gasteiger charge is -2.26. The summed E-state index contributed by atoms with van der Waals surface area (Å²) >= 11 is 1.52. The Balaban J connectivity index is 1.92. The van der Waals surface area contributed by atoms with E-state index in [0.29, 0.717) is 6.42 Å². The average Bonchev–Trinajstić information content (AvgIpc) is 2.62. The summed E-state index contributed by atoms with van der Waals surface area (Å²) in [5, 5.41) is 18.3. The van der Waals surface area contributed by atoms with Gasteiger partial charge in [0.1, 0.15) is 5.82 Å². The molecule has 2 aromatic carbocycles. The molecule has 0 saturated heterocycles. The molecule has 0 amide bonds. The molecule has 146 valence electrons. The van der Waals surface area contributed by atoms with Crippen molar-refractivity contribution in [3.8, 4) is 0 Å². The van der Waals surface area contributed by atoms with E-state index in [1.165, 1.54) is 29.5 Å². The minimum Gasteiger partial charge on any atom is -0.481 e. The minimum absolute atomic E-state index is 0.0396. The fourth-order valence-corrected chi connectivity index (χ4v) is 3.91. The number of carboxylic acids is 1. The van der Waals surface area contributed by atoms with Crippen molar-refractivity contribution in [2.45, 2.75) is 54.4 Å². The molecule has 0 fully saturated rings. The highest BCUT2D eigenvalue weighted by Gasteiger charge is 2.24. The molecule has 0 bridgehead atoms. The summed E-state index contributed by atoms with van der Waals surface area (Å²) in [7, 11) is 0. The number of hydrogen-bond acceptors (Lipinski definition) is 4. The van der Waals surface area contributed by atoms with Crippen LogP contribution in [0.15, 0.2) is 52.3 Å². The first-order chi connectivity index (χ1) is 12.8. The zero-order chi connectivity index (χ0) is 19.9. The van der Waals surface area contributed by atoms with Crippen LogP contribution in [0.3, 0.4) is 0 Å². The van der Waals surface area contributed by atoms with E-state index in [-0.39, 0.29) is 25.3 Å². The van der Waals surface area contributed by atoms with Gasteiger partial charge in [-0.15, -0.1) is 0 Å². The predicted octanol–water partition coefficient (Wildman–Crippen LogP) is 4.16. The Morgan fingerprint density at radius 1 is 1.19 bits per heavy atom. The minimum atomic E-state index is -0.902. The number of aliphatic carboxylic acids is 1. The second-order valence-electron chi connectivity index (χ2n) is 6.92. The van der Waals surface area contributed by atoms with Crippen molar-refractivity contribution in [2.75, 3.05) is 6.61 Å². The van der Waals surface area contributed by atoms with Crippen LogP contribution in [0, 0.1) is 12.7 Å². The van der Waals surface area contributed by atoms with Gasteiger partial charge in [0.05, 0.1) is 6.61 Å². The van der Waals surface area contributed by atoms with Gasteiger partial charge in [-0.1, -0.05) is 23.9 Å². The van der Waals surface area contributed by atoms with E-state index in [2.05, 4.69) is 12.1 Å². The topological polar surface area (TPSA) is 83.5 Å². The van der Waals surface area contributed by atoms with Gasteiger partial charge in [0, 0.05) is 21.8 Å². The number of hydrogen-bond donors (Lipinski definition) is 3. The summed E-state index contributed by atoms with van der Waals surface area (Å²) in [6.45, 7) is 1.82. The van der Waals surface area contributed by atoms with Gasteiger partial charge in [-0.2, -0.15) is 0 Å². The number of benzene rings is 2. The lowest BCUT2D eigenvalue weighted by molar-refractivity contribution is -0.137. The number of aliphatic hydroxyl groups is 1. The van der Waals surface area contributed by atoms with E-state index >= 15 is 0 Å². The molecule has 0 heterocycles. The van der Waals surface area contributed by atoms with E-state index in [1.54, 1.807) is 6.07 Å². The van der Waals surface area contributed by atoms with E-state index in [0.717, 1.165) is 28.2 Å². The number of rotatable bonds is 10. The van der Waals surface area contributed by atoms with Crippen LogP contribution in [0.4, 0.5) is 4.39 Å². The van der Waals surface area contributed by atoms with Crippen LogP contribution >= 0.6 is 11.8 Å².